The van der Waals surface area contributed by atoms with Crippen LogP contribution in [-0.4, -0.2) is 29.3 Å². The van der Waals surface area contributed by atoms with Crippen molar-refractivity contribution in [1.29, 1.82) is 0 Å². The quantitative estimate of drug-likeness (QED) is 0.789. The summed E-state index contributed by atoms with van der Waals surface area (Å²) in [7, 11) is 0. The molecule has 4 nitrogen and oxygen atoms in total. The van der Waals surface area contributed by atoms with E-state index in [0.717, 1.165) is 5.56 Å². The van der Waals surface area contributed by atoms with E-state index < -0.39 is 6.04 Å². The zero-order chi connectivity index (χ0) is 18.9. The number of nitrogens with one attached hydrogen (secondary N) is 1. The Hall–Kier alpha value is -2.69. The summed E-state index contributed by atoms with van der Waals surface area (Å²) in [6.45, 7) is 4.04. The number of hydrogen-bond donors (Lipinski definition) is 1. The molecule has 0 saturated carbocycles. The van der Waals surface area contributed by atoms with Crippen LogP contribution >= 0.6 is 0 Å². The second-order valence-corrected chi connectivity index (χ2v) is 6.17. The van der Waals surface area contributed by atoms with Gasteiger partial charge in [-0.3, -0.25) is 9.59 Å². The minimum atomic E-state index is -0.669. The lowest BCUT2D eigenvalue weighted by Crippen LogP contribution is -2.47. The van der Waals surface area contributed by atoms with E-state index >= 15 is 0 Å². The number of hydrogen-bond acceptors (Lipinski definition) is 2. The van der Waals surface area contributed by atoms with Crippen LogP contribution in [0.15, 0.2) is 54.6 Å². The largest absolute Gasteiger partial charge is 0.355 e. The molecule has 0 spiro atoms. The Morgan fingerprint density at radius 1 is 1.08 bits per heavy atom. The molecular weight excluding hydrogens is 331 g/mol. The number of aryl methyl sites for hydroxylation is 1. The summed E-state index contributed by atoms with van der Waals surface area (Å²) in [6.07, 6.45) is 0.845. The summed E-state index contributed by atoms with van der Waals surface area (Å²) in [5, 5.41) is 2.73. The van der Waals surface area contributed by atoms with Gasteiger partial charge in [0.25, 0.3) is 0 Å². The van der Waals surface area contributed by atoms with Crippen molar-refractivity contribution in [1.82, 2.24) is 10.2 Å². The van der Waals surface area contributed by atoms with E-state index in [4.69, 9.17) is 0 Å². The highest BCUT2D eigenvalue weighted by atomic mass is 19.1. The summed E-state index contributed by atoms with van der Waals surface area (Å²) >= 11 is 0. The van der Waals surface area contributed by atoms with Gasteiger partial charge in [0.1, 0.15) is 11.9 Å². The first-order valence-electron chi connectivity index (χ1n) is 8.87. The van der Waals surface area contributed by atoms with E-state index in [2.05, 4.69) is 5.32 Å². The van der Waals surface area contributed by atoms with Gasteiger partial charge in [0, 0.05) is 25.1 Å². The van der Waals surface area contributed by atoms with Crippen molar-refractivity contribution in [2.45, 2.75) is 39.3 Å². The van der Waals surface area contributed by atoms with E-state index in [1.54, 1.807) is 25.1 Å². The number of nitrogens with zero attached hydrogens (tertiary/aromatic N) is 1. The fourth-order valence-corrected chi connectivity index (χ4v) is 2.75. The predicted molar refractivity (Wildman–Crippen MR) is 99.9 cm³/mol. The SMILES string of the molecule is CCNC(=O)C(C)N(Cc1ccccc1F)C(=O)CCc1ccccc1. The molecule has 2 aromatic carbocycles. The summed E-state index contributed by atoms with van der Waals surface area (Å²) in [4.78, 5) is 26.5. The van der Waals surface area contributed by atoms with Crippen LogP contribution in [0, 0.1) is 5.82 Å². The molecule has 138 valence electrons. The highest BCUT2D eigenvalue weighted by molar-refractivity contribution is 5.87. The van der Waals surface area contributed by atoms with Crippen LogP contribution in [-0.2, 0) is 22.6 Å². The zero-order valence-corrected chi connectivity index (χ0v) is 15.2. The fraction of sp³-hybridized carbons (Fsp3) is 0.333. The maximum atomic E-state index is 14.0. The number of carbonyl (C=O) groups is 2. The number of halogens is 1. The average molecular weight is 356 g/mol. The van der Waals surface area contributed by atoms with Crippen LogP contribution in [0.25, 0.3) is 0 Å². The predicted octanol–water partition coefficient (Wildman–Crippen LogP) is 3.31. The normalized spacial score (nSPS) is 11.7. The van der Waals surface area contributed by atoms with Gasteiger partial charge in [0.15, 0.2) is 0 Å². The molecule has 5 heteroatoms. The third-order valence-corrected chi connectivity index (χ3v) is 4.29. The molecule has 26 heavy (non-hydrogen) atoms. The summed E-state index contributed by atoms with van der Waals surface area (Å²) in [5.41, 5.74) is 1.45. The third-order valence-electron chi connectivity index (χ3n) is 4.29. The number of amides is 2. The summed E-state index contributed by atoms with van der Waals surface area (Å²) in [6, 6.07) is 15.3. The van der Waals surface area contributed by atoms with E-state index in [-0.39, 0.29) is 30.6 Å². The Balaban J connectivity index is 2.14. The number of carbonyl (C=O) groups excluding carboxylic acids is 2. The number of likely N-dealkylation sites (N-methyl/N-ethyl adjacent to an activating group) is 1. The van der Waals surface area contributed by atoms with Crippen LogP contribution in [0.3, 0.4) is 0 Å². The lowest BCUT2D eigenvalue weighted by atomic mass is 10.1. The van der Waals surface area contributed by atoms with Gasteiger partial charge in [-0.2, -0.15) is 0 Å². The first-order chi connectivity index (χ1) is 12.5. The van der Waals surface area contributed by atoms with Crippen LogP contribution in [0.4, 0.5) is 4.39 Å². The minimum absolute atomic E-state index is 0.0681. The third kappa shape index (κ3) is 5.41. The first kappa shape index (κ1) is 19.6. The molecule has 1 unspecified atom stereocenters. The van der Waals surface area contributed by atoms with Gasteiger partial charge in [-0.15, -0.1) is 0 Å². The maximum absolute atomic E-state index is 14.0. The Kier molecular flexibility index (Phi) is 7.33. The summed E-state index contributed by atoms with van der Waals surface area (Å²) in [5.74, 6) is -0.788. The van der Waals surface area contributed by atoms with Crippen molar-refractivity contribution in [2.75, 3.05) is 6.54 Å². The molecule has 2 amide bonds. The first-order valence-corrected chi connectivity index (χ1v) is 8.87. The molecule has 0 aliphatic carbocycles. The summed E-state index contributed by atoms with van der Waals surface area (Å²) < 4.78 is 14.0. The molecule has 0 aliphatic rings. The molecule has 2 aromatic rings. The number of benzene rings is 2. The van der Waals surface area contributed by atoms with Crippen molar-refractivity contribution in [3.63, 3.8) is 0 Å². The molecule has 0 radical (unpaired) electrons. The molecule has 1 atom stereocenters. The maximum Gasteiger partial charge on any atom is 0.242 e. The van der Waals surface area contributed by atoms with Gasteiger partial charge in [0.2, 0.25) is 11.8 Å². The molecule has 0 fully saturated rings. The van der Waals surface area contributed by atoms with Crippen molar-refractivity contribution >= 4 is 11.8 Å². The second kappa shape index (κ2) is 9.70. The van der Waals surface area contributed by atoms with Gasteiger partial charge in [-0.25, -0.2) is 4.39 Å². The van der Waals surface area contributed by atoms with E-state index in [9.17, 15) is 14.0 Å². The monoisotopic (exact) mass is 356 g/mol. The Labute approximate surface area is 154 Å². The van der Waals surface area contributed by atoms with Gasteiger partial charge in [0.05, 0.1) is 0 Å². The van der Waals surface area contributed by atoms with E-state index in [1.165, 1.54) is 11.0 Å². The van der Waals surface area contributed by atoms with Crippen molar-refractivity contribution in [2.24, 2.45) is 0 Å². The fourth-order valence-electron chi connectivity index (χ4n) is 2.75. The number of rotatable bonds is 8. The van der Waals surface area contributed by atoms with Gasteiger partial charge >= 0.3 is 0 Å². The molecule has 0 saturated heterocycles. The van der Waals surface area contributed by atoms with Crippen molar-refractivity contribution in [3.05, 3.63) is 71.5 Å². The molecule has 0 heterocycles. The van der Waals surface area contributed by atoms with Gasteiger partial charge in [-0.1, -0.05) is 48.5 Å². The molecule has 2 rings (SSSR count). The Bertz CT molecular complexity index is 734. The molecule has 0 aromatic heterocycles. The topological polar surface area (TPSA) is 49.4 Å². The van der Waals surface area contributed by atoms with Gasteiger partial charge < -0.3 is 10.2 Å². The average Bonchev–Trinajstić information content (AvgIpc) is 2.66. The van der Waals surface area contributed by atoms with Crippen LogP contribution in [0.5, 0.6) is 0 Å². The Morgan fingerprint density at radius 2 is 1.73 bits per heavy atom. The molecule has 1 N–H and O–H groups in total. The highest BCUT2D eigenvalue weighted by Gasteiger charge is 2.26. The minimum Gasteiger partial charge on any atom is -0.355 e. The zero-order valence-electron chi connectivity index (χ0n) is 15.2. The van der Waals surface area contributed by atoms with E-state index in [1.807, 2.05) is 37.3 Å². The lowest BCUT2D eigenvalue weighted by Gasteiger charge is -2.29. The van der Waals surface area contributed by atoms with Crippen LogP contribution in [0.2, 0.25) is 0 Å². The van der Waals surface area contributed by atoms with Crippen molar-refractivity contribution in [3.8, 4) is 0 Å². The van der Waals surface area contributed by atoms with E-state index in [0.29, 0.717) is 18.5 Å². The van der Waals surface area contributed by atoms with Crippen molar-refractivity contribution < 1.29 is 14.0 Å². The highest BCUT2D eigenvalue weighted by Crippen LogP contribution is 2.15. The Morgan fingerprint density at radius 3 is 2.38 bits per heavy atom. The lowest BCUT2D eigenvalue weighted by molar-refractivity contribution is -0.140. The molecule has 0 bridgehead atoms. The standard InChI is InChI=1S/C21H25FN2O2/c1-3-23-21(26)16(2)24(15-18-11-7-8-12-19(18)22)20(25)14-13-17-9-5-4-6-10-17/h4-12,16H,3,13-15H2,1-2H3,(H,23,26). The molecule has 0 aliphatic heterocycles. The molecular formula is C21H25FN2O2. The second-order valence-electron chi connectivity index (χ2n) is 6.17. The van der Waals surface area contributed by atoms with Crippen LogP contribution in [0.1, 0.15) is 31.4 Å². The van der Waals surface area contributed by atoms with Crippen LogP contribution < -0.4 is 5.32 Å². The van der Waals surface area contributed by atoms with Gasteiger partial charge in [-0.05, 0) is 31.9 Å². The smallest absolute Gasteiger partial charge is 0.242 e.